The number of hydrogen-bond acceptors (Lipinski definition) is 9. The fraction of sp³-hybridized carbons (Fsp3) is 0.172. The minimum absolute atomic E-state index is 0.0605. The second-order valence-corrected chi connectivity index (χ2v) is 12.2. The smallest absolute Gasteiger partial charge is 0.416 e. The maximum atomic E-state index is 13.1. The zero-order chi connectivity index (χ0) is 37.3. The first-order valence-electron chi connectivity index (χ1n) is 12.9. The molecule has 0 aliphatic rings. The van der Waals surface area contributed by atoms with Crippen molar-refractivity contribution in [3.05, 3.63) is 111 Å². The normalized spacial score (nSPS) is 11.4. The van der Waals surface area contributed by atoms with Crippen molar-refractivity contribution in [1.82, 2.24) is 15.3 Å². The molecular formula is C29H22Cl2F7N3O7S. The van der Waals surface area contributed by atoms with E-state index in [1.807, 2.05) is 0 Å². The average Bonchev–Trinajstić information content (AvgIpc) is 3.00. The van der Waals surface area contributed by atoms with E-state index in [1.54, 1.807) is 12.1 Å². The zero-order valence-corrected chi connectivity index (χ0v) is 27.0. The average molecular weight is 760 g/mol. The minimum atomic E-state index is -4.79. The molecule has 0 unspecified atom stereocenters. The van der Waals surface area contributed by atoms with Gasteiger partial charge in [0.25, 0.3) is 0 Å². The second-order valence-electron chi connectivity index (χ2n) is 9.45. The number of carboxylic acid groups (broad SMARTS) is 1. The Labute approximate surface area is 283 Å². The van der Waals surface area contributed by atoms with E-state index < -0.39 is 56.2 Å². The van der Waals surface area contributed by atoms with Crippen molar-refractivity contribution in [3.63, 3.8) is 0 Å². The van der Waals surface area contributed by atoms with Crippen molar-refractivity contribution in [1.29, 1.82) is 0 Å². The van der Waals surface area contributed by atoms with E-state index in [-0.39, 0.29) is 45.6 Å². The Bertz CT molecular complexity index is 1900. The summed E-state index contributed by atoms with van der Waals surface area (Å²) in [5.74, 6) is -2.78. The standard InChI is InChI=1S/C12H8ClFN2O4S.C10H9F6N.C7H5ClO3/c1-21(19,20)12-15-5-8(11(17)18)10(16-12)7-3-2-6(14)4-9(7)13;1-17-5-6-2-7(9(11,12)13)4-8(3-6)10(14,15)16;8-6-3-1-2-5(4-6)7(9)11-10/h2-5H,1H3,(H,17,18);2-4,17H,5H2,1H3;1-4,10H. The molecule has 10 nitrogen and oxygen atoms in total. The number of aromatic carboxylic acids is 1. The number of alkyl halides is 6. The summed E-state index contributed by atoms with van der Waals surface area (Å²) in [4.78, 5) is 32.6. The van der Waals surface area contributed by atoms with Gasteiger partial charge in [0, 0.05) is 29.6 Å². The molecule has 0 saturated carbocycles. The van der Waals surface area contributed by atoms with Gasteiger partial charge in [-0.25, -0.2) is 32.4 Å². The van der Waals surface area contributed by atoms with Crippen molar-refractivity contribution in [3.8, 4) is 11.3 Å². The van der Waals surface area contributed by atoms with E-state index in [0.29, 0.717) is 17.2 Å². The number of rotatable bonds is 6. The van der Waals surface area contributed by atoms with E-state index in [0.717, 1.165) is 24.6 Å². The number of carboxylic acids is 1. The highest BCUT2D eigenvalue weighted by Crippen LogP contribution is 2.36. The van der Waals surface area contributed by atoms with Crippen molar-refractivity contribution < 1.29 is 64.0 Å². The summed E-state index contributed by atoms with van der Waals surface area (Å²) in [5, 5.41) is 19.4. The van der Waals surface area contributed by atoms with Gasteiger partial charge in [-0.2, -0.15) is 31.6 Å². The van der Waals surface area contributed by atoms with Crippen LogP contribution in [0.2, 0.25) is 10.0 Å². The van der Waals surface area contributed by atoms with Crippen LogP contribution in [-0.4, -0.2) is 54.0 Å². The lowest BCUT2D eigenvalue weighted by Crippen LogP contribution is -2.14. The van der Waals surface area contributed by atoms with Crippen molar-refractivity contribution in [2.24, 2.45) is 0 Å². The number of sulfone groups is 1. The number of carbonyl (C=O) groups is 2. The number of hydrogen-bond donors (Lipinski definition) is 3. The van der Waals surface area contributed by atoms with Gasteiger partial charge in [-0.1, -0.05) is 29.3 Å². The summed E-state index contributed by atoms with van der Waals surface area (Å²) in [7, 11) is -2.29. The summed E-state index contributed by atoms with van der Waals surface area (Å²) in [5.41, 5.74) is -2.86. The molecule has 49 heavy (non-hydrogen) atoms. The van der Waals surface area contributed by atoms with Gasteiger partial charge in [-0.15, -0.1) is 0 Å². The van der Waals surface area contributed by atoms with Crippen LogP contribution in [0, 0.1) is 5.82 Å². The van der Waals surface area contributed by atoms with Crippen molar-refractivity contribution in [2.45, 2.75) is 24.1 Å². The number of carbonyl (C=O) groups excluding carboxylic acids is 1. The Balaban J connectivity index is 0.000000268. The summed E-state index contributed by atoms with van der Waals surface area (Å²) >= 11 is 11.4. The Morgan fingerprint density at radius 2 is 1.53 bits per heavy atom. The Kier molecular flexibility index (Phi) is 14.0. The van der Waals surface area contributed by atoms with Gasteiger partial charge in [0.1, 0.15) is 11.4 Å². The molecule has 4 aromatic rings. The SMILES string of the molecule is CNCc1cc(C(F)(F)F)cc(C(F)(F)F)c1.CS(=O)(=O)c1ncc(C(=O)O)c(-c2ccc(F)cc2Cl)n1.O=C(OO)c1cccc(Cl)c1. The van der Waals surface area contributed by atoms with E-state index in [2.05, 4.69) is 20.2 Å². The first kappa shape index (κ1) is 40.8. The van der Waals surface area contributed by atoms with Gasteiger partial charge < -0.3 is 10.4 Å². The lowest BCUT2D eigenvalue weighted by atomic mass is 10.0. The molecule has 1 heterocycles. The molecule has 0 atom stereocenters. The Morgan fingerprint density at radius 3 is 1.98 bits per heavy atom. The third kappa shape index (κ3) is 12.2. The van der Waals surface area contributed by atoms with E-state index >= 15 is 0 Å². The van der Waals surface area contributed by atoms with Crippen LogP contribution in [0.25, 0.3) is 11.3 Å². The van der Waals surface area contributed by atoms with Gasteiger partial charge >= 0.3 is 24.3 Å². The van der Waals surface area contributed by atoms with Gasteiger partial charge in [-0.05, 0) is 67.2 Å². The van der Waals surface area contributed by atoms with Crippen LogP contribution in [-0.2, 0) is 33.6 Å². The van der Waals surface area contributed by atoms with Crippen LogP contribution >= 0.6 is 23.2 Å². The maximum absolute atomic E-state index is 13.1. The van der Waals surface area contributed by atoms with Crippen LogP contribution in [0.15, 0.2) is 72.0 Å². The van der Waals surface area contributed by atoms with Crippen LogP contribution < -0.4 is 5.32 Å². The summed E-state index contributed by atoms with van der Waals surface area (Å²) in [6.45, 7) is -0.0625. The van der Waals surface area contributed by atoms with Gasteiger partial charge in [0.2, 0.25) is 15.0 Å². The highest BCUT2D eigenvalue weighted by atomic mass is 35.5. The van der Waals surface area contributed by atoms with Gasteiger partial charge in [-0.3, -0.25) is 4.89 Å². The predicted molar refractivity (Wildman–Crippen MR) is 161 cm³/mol. The Morgan fingerprint density at radius 1 is 0.939 bits per heavy atom. The first-order chi connectivity index (χ1) is 22.6. The van der Waals surface area contributed by atoms with Crippen LogP contribution in [0.4, 0.5) is 30.7 Å². The molecule has 0 amide bonds. The molecule has 1 aromatic heterocycles. The van der Waals surface area contributed by atoms with Crippen molar-refractivity contribution >= 4 is 45.0 Å². The zero-order valence-electron chi connectivity index (χ0n) is 24.7. The maximum Gasteiger partial charge on any atom is 0.416 e. The molecule has 3 N–H and O–H groups in total. The van der Waals surface area contributed by atoms with E-state index in [4.69, 9.17) is 33.6 Å². The van der Waals surface area contributed by atoms with Crippen LogP contribution in [0.3, 0.4) is 0 Å². The largest absolute Gasteiger partial charge is 0.478 e. The fourth-order valence-electron chi connectivity index (χ4n) is 3.58. The summed E-state index contributed by atoms with van der Waals surface area (Å²) < 4.78 is 110. The molecule has 0 spiro atoms. The topological polar surface area (TPSA) is 156 Å². The molecule has 4 rings (SSSR count). The van der Waals surface area contributed by atoms with Crippen LogP contribution in [0.1, 0.15) is 37.4 Å². The third-order valence-corrected chi connectivity index (χ3v) is 7.09. The third-order valence-electron chi connectivity index (χ3n) is 5.69. The molecule has 0 bridgehead atoms. The predicted octanol–water partition coefficient (Wildman–Crippen LogP) is 7.45. The number of halogens is 9. The molecule has 0 radical (unpaired) electrons. The minimum Gasteiger partial charge on any atom is -0.478 e. The first-order valence-corrected chi connectivity index (χ1v) is 15.5. The second kappa shape index (κ2) is 16.8. The molecular weight excluding hydrogens is 738 g/mol. The lowest BCUT2D eigenvalue weighted by Gasteiger charge is -2.13. The molecule has 264 valence electrons. The molecule has 20 heteroatoms. The molecule has 0 aliphatic carbocycles. The highest BCUT2D eigenvalue weighted by molar-refractivity contribution is 7.90. The van der Waals surface area contributed by atoms with E-state index in [1.165, 1.54) is 25.2 Å². The number of aromatic nitrogens is 2. The van der Waals surface area contributed by atoms with Crippen LogP contribution in [0.5, 0.6) is 0 Å². The van der Waals surface area contributed by atoms with Gasteiger partial charge in [0.05, 0.1) is 27.4 Å². The van der Waals surface area contributed by atoms with Gasteiger partial charge in [0.15, 0.2) is 0 Å². The summed E-state index contributed by atoms with van der Waals surface area (Å²) in [6, 6.07) is 10.9. The number of benzene rings is 3. The van der Waals surface area contributed by atoms with E-state index in [9.17, 15) is 48.7 Å². The monoisotopic (exact) mass is 759 g/mol. The fourth-order valence-corrected chi connectivity index (χ4v) is 4.53. The number of nitrogens with one attached hydrogen (secondary N) is 1. The Hall–Kier alpha value is -4.36. The molecule has 0 fully saturated rings. The molecule has 3 aromatic carbocycles. The molecule has 0 saturated heterocycles. The number of nitrogens with zero attached hydrogens (tertiary/aromatic N) is 2. The molecule has 0 aliphatic heterocycles. The highest BCUT2D eigenvalue weighted by Gasteiger charge is 2.36. The van der Waals surface area contributed by atoms with Crippen molar-refractivity contribution in [2.75, 3.05) is 13.3 Å². The summed E-state index contributed by atoms with van der Waals surface area (Å²) in [6.07, 6.45) is -7.81. The lowest BCUT2D eigenvalue weighted by molar-refractivity contribution is -0.182. The quantitative estimate of drug-likeness (QED) is 0.0781.